The first kappa shape index (κ1) is 19.9. The molecular formula is C16H12ClF5N2O2. The van der Waals surface area contributed by atoms with Gasteiger partial charge >= 0.3 is 6.36 Å². The lowest BCUT2D eigenvalue weighted by Gasteiger charge is -2.11. The largest absolute Gasteiger partial charge is 0.573 e. The fraction of sp³-hybridized carbons (Fsp3) is 0.250. The van der Waals surface area contributed by atoms with E-state index in [1.807, 2.05) is 0 Å². The number of benzene rings is 2. The second kappa shape index (κ2) is 7.86. The molecule has 0 aliphatic rings. The maximum absolute atomic E-state index is 12.6. The van der Waals surface area contributed by atoms with Gasteiger partial charge in [0.1, 0.15) is 23.8 Å². The molecule has 0 amide bonds. The SMILES string of the molecule is CC(F)(F)CN=Nc1ccc(Oc2cc(Cl)cc(OC(F)(F)F)c2)cc1. The topological polar surface area (TPSA) is 43.2 Å². The van der Waals surface area contributed by atoms with Gasteiger partial charge in [-0.1, -0.05) is 11.6 Å². The number of ether oxygens (including phenoxy) is 2. The van der Waals surface area contributed by atoms with E-state index in [0.717, 1.165) is 19.1 Å². The standard InChI is InChI=1S/C16H12ClF5N2O2/c1-15(18,19)9-23-24-11-2-4-12(5-3-11)25-13-6-10(17)7-14(8-13)26-16(20,21)22/h2-8H,9H2,1H3. The predicted molar refractivity (Wildman–Crippen MR) is 84.7 cm³/mol. The van der Waals surface area contributed by atoms with E-state index in [4.69, 9.17) is 16.3 Å². The van der Waals surface area contributed by atoms with Crippen LogP contribution in [0.3, 0.4) is 0 Å². The summed E-state index contributed by atoms with van der Waals surface area (Å²) in [5.74, 6) is -3.18. The molecule has 2 rings (SSSR count). The summed E-state index contributed by atoms with van der Waals surface area (Å²) < 4.78 is 71.3. The van der Waals surface area contributed by atoms with Crippen LogP contribution in [-0.2, 0) is 0 Å². The normalized spacial score (nSPS) is 12.4. The molecule has 0 N–H and O–H groups in total. The molecule has 4 nitrogen and oxygen atoms in total. The van der Waals surface area contributed by atoms with Crippen molar-refractivity contribution in [1.82, 2.24) is 0 Å². The van der Waals surface area contributed by atoms with Gasteiger partial charge in [0, 0.05) is 18.0 Å². The van der Waals surface area contributed by atoms with E-state index < -0.39 is 24.6 Å². The second-order valence-corrected chi connectivity index (χ2v) is 5.67. The number of hydrogen-bond donors (Lipinski definition) is 0. The molecule has 0 spiro atoms. The zero-order valence-corrected chi connectivity index (χ0v) is 14.0. The Hall–Kier alpha value is -2.42. The fourth-order valence-electron chi connectivity index (χ4n) is 1.75. The van der Waals surface area contributed by atoms with Gasteiger partial charge in [-0.2, -0.15) is 10.2 Å². The number of alkyl halides is 5. The first-order chi connectivity index (χ1) is 12.0. The van der Waals surface area contributed by atoms with Gasteiger partial charge in [-0.3, -0.25) is 0 Å². The van der Waals surface area contributed by atoms with Gasteiger partial charge in [-0.15, -0.1) is 13.2 Å². The van der Waals surface area contributed by atoms with Crippen molar-refractivity contribution >= 4 is 17.3 Å². The van der Waals surface area contributed by atoms with Crippen molar-refractivity contribution in [3.8, 4) is 17.2 Å². The molecule has 0 saturated carbocycles. The summed E-state index contributed by atoms with van der Waals surface area (Å²) in [4.78, 5) is 0. The maximum Gasteiger partial charge on any atom is 0.573 e. The van der Waals surface area contributed by atoms with Crippen LogP contribution in [0.25, 0.3) is 0 Å². The Balaban J connectivity index is 2.07. The Kier molecular flexibility index (Phi) is 6.01. The number of hydrogen-bond acceptors (Lipinski definition) is 4. The summed E-state index contributed by atoms with van der Waals surface area (Å²) in [6.07, 6.45) is -4.86. The molecule has 0 unspecified atom stereocenters. The van der Waals surface area contributed by atoms with Crippen LogP contribution in [0.15, 0.2) is 52.7 Å². The summed E-state index contributed by atoms with van der Waals surface area (Å²) in [6, 6.07) is 9.12. The van der Waals surface area contributed by atoms with Crippen LogP contribution in [0.4, 0.5) is 27.6 Å². The summed E-state index contributed by atoms with van der Waals surface area (Å²) in [5, 5.41) is 7.00. The molecule has 0 aliphatic carbocycles. The van der Waals surface area contributed by atoms with Crippen molar-refractivity contribution in [3.63, 3.8) is 0 Å². The van der Waals surface area contributed by atoms with Crippen molar-refractivity contribution in [2.45, 2.75) is 19.2 Å². The van der Waals surface area contributed by atoms with Crippen molar-refractivity contribution < 1.29 is 31.4 Å². The Morgan fingerprint density at radius 1 is 0.923 bits per heavy atom. The summed E-state index contributed by atoms with van der Waals surface area (Å²) in [6.45, 7) is -0.0134. The number of nitrogens with zero attached hydrogens (tertiary/aromatic N) is 2. The Morgan fingerprint density at radius 2 is 1.54 bits per heavy atom. The predicted octanol–water partition coefficient (Wildman–Crippen LogP) is 6.77. The summed E-state index contributed by atoms with van der Waals surface area (Å²) in [5.41, 5.74) is 0.314. The van der Waals surface area contributed by atoms with Crippen LogP contribution in [-0.4, -0.2) is 18.8 Å². The zero-order valence-electron chi connectivity index (χ0n) is 13.2. The molecule has 0 saturated heterocycles. The minimum atomic E-state index is -4.86. The van der Waals surface area contributed by atoms with Gasteiger partial charge in [0.25, 0.3) is 5.92 Å². The second-order valence-electron chi connectivity index (χ2n) is 5.24. The van der Waals surface area contributed by atoms with Gasteiger partial charge in [0.05, 0.1) is 5.69 Å². The average Bonchev–Trinajstić information content (AvgIpc) is 2.45. The van der Waals surface area contributed by atoms with E-state index in [1.54, 1.807) is 0 Å². The molecular weight excluding hydrogens is 383 g/mol. The Labute approximate surface area is 150 Å². The van der Waals surface area contributed by atoms with E-state index >= 15 is 0 Å². The van der Waals surface area contributed by atoms with Crippen molar-refractivity contribution in [2.24, 2.45) is 10.2 Å². The molecule has 0 atom stereocenters. The van der Waals surface area contributed by atoms with E-state index in [1.165, 1.54) is 30.3 Å². The lowest BCUT2D eigenvalue weighted by Crippen LogP contribution is -2.17. The fourth-order valence-corrected chi connectivity index (χ4v) is 1.96. The molecule has 0 radical (unpaired) electrons. The van der Waals surface area contributed by atoms with Crippen LogP contribution >= 0.6 is 11.6 Å². The molecule has 26 heavy (non-hydrogen) atoms. The zero-order chi connectivity index (χ0) is 19.4. The number of halogens is 6. The smallest absolute Gasteiger partial charge is 0.457 e. The molecule has 2 aromatic rings. The minimum absolute atomic E-state index is 0.00679. The monoisotopic (exact) mass is 394 g/mol. The minimum Gasteiger partial charge on any atom is -0.457 e. The summed E-state index contributed by atoms with van der Waals surface area (Å²) >= 11 is 5.75. The van der Waals surface area contributed by atoms with E-state index in [9.17, 15) is 22.0 Å². The van der Waals surface area contributed by atoms with Gasteiger partial charge < -0.3 is 9.47 Å². The lowest BCUT2D eigenvalue weighted by atomic mass is 10.3. The van der Waals surface area contributed by atoms with E-state index in [0.29, 0.717) is 5.69 Å². The molecule has 2 aromatic carbocycles. The highest BCUT2D eigenvalue weighted by molar-refractivity contribution is 6.30. The van der Waals surface area contributed by atoms with Gasteiger partial charge in [-0.05, 0) is 36.4 Å². The molecule has 10 heteroatoms. The van der Waals surface area contributed by atoms with Crippen molar-refractivity contribution in [3.05, 3.63) is 47.5 Å². The lowest BCUT2D eigenvalue weighted by molar-refractivity contribution is -0.274. The van der Waals surface area contributed by atoms with E-state index in [2.05, 4.69) is 15.0 Å². The van der Waals surface area contributed by atoms with Crippen LogP contribution in [0.5, 0.6) is 17.2 Å². The van der Waals surface area contributed by atoms with E-state index in [-0.39, 0.29) is 16.5 Å². The number of rotatable bonds is 6. The molecule has 140 valence electrons. The van der Waals surface area contributed by atoms with Gasteiger partial charge in [-0.25, -0.2) is 8.78 Å². The van der Waals surface area contributed by atoms with Gasteiger partial charge in [0.15, 0.2) is 0 Å². The Bertz CT molecular complexity index is 774. The third-order valence-electron chi connectivity index (χ3n) is 2.69. The third kappa shape index (κ3) is 7.22. The van der Waals surface area contributed by atoms with Crippen LogP contribution in [0.1, 0.15) is 6.92 Å². The van der Waals surface area contributed by atoms with Crippen LogP contribution < -0.4 is 9.47 Å². The molecule has 0 heterocycles. The van der Waals surface area contributed by atoms with Crippen molar-refractivity contribution in [2.75, 3.05) is 6.54 Å². The van der Waals surface area contributed by atoms with Crippen LogP contribution in [0, 0.1) is 0 Å². The summed E-state index contributed by atoms with van der Waals surface area (Å²) in [7, 11) is 0. The molecule has 0 aromatic heterocycles. The highest BCUT2D eigenvalue weighted by Crippen LogP contribution is 2.33. The Morgan fingerprint density at radius 3 is 2.12 bits per heavy atom. The molecule has 0 aliphatic heterocycles. The molecule has 0 bridgehead atoms. The van der Waals surface area contributed by atoms with Crippen LogP contribution in [0.2, 0.25) is 5.02 Å². The highest BCUT2D eigenvalue weighted by atomic mass is 35.5. The first-order valence-electron chi connectivity index (χ1n) is 7.10. The van der Waals surface area contributed by atoms with Gasteiger partial charge in [0.2, 0.25) is 0 Å². The highest BCUT2D eigenvalue weighted by Gasteiger charge is 2.31. The number of azo groups is 1. The average molecular weight is 395 g/mol. The molecule has 0 fully saturated rings. The first-order valence-corrected chi connectivity index (χ1v) is 7.48. The quantitative estimate of drug-likeness (QED) is 0.401. The maximum atomic E-state index is 12.6. The third-order valence-corrected chi connectivity index (χ3v) is 2.90. The van der Waals surface area contributed by atoms with Crippen molar-refractivity contribution in [1.29, 1.82) is 0 Å².